The Morgan fingerprint density at radius 1 is 1.32 bits per heavy atom. The number of urea groups is 1. The maximum absolute atomic E-state index is 11.9. The number of carbonyl (C=O) groups is 1. The fourth-order valence-corrected chi connectivity index (χ4v) is 1.36. The van der Waals surface area contributed by atoms with Gasteiger partial charge in [0.15, 0.2) is 0 Å². The Hall–Kier alpha value is -1.76. The largest absolute Gasteiger partial charge is 0.390 e. The molecule has 0 saturated carbocycles. The number of halogens is 3. The van der Waals surface area contributed by atoms with Gasteiger partial charge in [-0.15, -0.1) is 0 Å². The predicted molar refractivity (Wildman–Crippen MR) is 66.7 cm³/mol. The molecule has 4 N–H and O–H groups in total. The van der Waals surface area contributed by atoms with Gasteiger partial charge >= 0.3 is 12.2 Å². The zero-order chi connectivity index (χ0) is 14.5. The second-order valence-corrected chi connectivity index (χ2v) is 4.16. The van der Waals surface area contributed by atoms with Crippen LogP contribution in [0.25, 0.3) is 0 Å². The Kier molecular flexibility index (Phi) is 5.17. The van der Waals surface area contributed by atoms with Crippen molar-refractivity contribution in [3.05, 3.63) is 29.8 Å². The third kappa shape index (κ3) is 6.10. The van der Waals surface area contributed by atoms with E-state index < -0.39 is 25.2 Å². The third-order valence-corrected chi connectivity index (χ3v) is 2.39. The molecule has 0 radical (unpaired) electrons. The van der Waals surface area contributed by atoms with Crippen molar-refractivity contribution >= 4 is 11.7 Å². The van der Waals surface area contributed by atoms with Crippen LogP contribution in [0.2, 0.25) is 0 Å². The van der Waals surface area contributed by atoms with Crippen LogP contribution in [-0.2, 0) is 0 Å². The van der Waals surface area contributed by atoms with E-state index >= 15 is 0 Å². The first-order valence-corrected chi connectivity index (χ1v) is 5.75. The van der Waals surface area contributed by atoms with Gasteiger partial charge in [-0.3, -0.25) is 0 Å². The molecule has 4 nitrogen and oxygen atoms in total. The van der Waals surface area contributed by atoms with Crippen molar-refractivity contribution in [2.24, 2.45) is 5.73 Å². The highest BCUT2D eigenvalue weighted by Crippen LogP contribution is 2.18. The molecule has 7 heteroatoms. The second kappa shape index (κ2) is 6.42. The van der Waals surface area contributed by atoms with Crippen molar-refractivity contribution in [3.63, 3.8) is 0 Å². The zero-order valence-electron chi connectivity index (χ0n) is 10.4. The van der Waals surface area contributed by atoms with E-state index in [1.807, 2.05) is 6.92 Å². The van der Waals surface area contributed by atoms with Crippen molar-refractivity contribution in [2.45, 2.75) is 25.6 Å². The lowest BCUT2D eigenvalue weighted by Crippen LogP contribution is -2.31. The molecule has 0 aliphatic heterocycles. The van der Waals surface area contributed by atoms with E-state index in [0.717, 1.165) is 5.56 Å². The maximum atomic E-state index is 11.9. The lowest BCUT2D eigenvalue weighted by Gasteiger charge is -2.10. The molecule has 0 aliphatic rings. The summed E-state index contributed by atoms with van der Waals surface area (Å²) in [6, 6.07) is 5.99. The van der Waals surface area contributed by atoms with E-state index in [1.165, 1.54) is 0 Å². The van der Waals surface area contributed by atoms with E-state index in [4.69, 9.17) is 5.73 Å². The summed E-state index contributed by atoms with van der Waals surface area (Å²) in [4.78, 5) is 11.3. The summed E-state index contributed by atoms with van der Waals surface area (Å²) >= 11 is 0. The number of carbonyl (C=O) groups excluding carboxylic acids is 1. The molecule has 19 heavy (non-hydrogen) atoms. The van der Waals surface area contributed by atoms with Crippen LogP contribution in [-0.4, -0.2) is 18.8 Å². The molecule has 0 saturated heterocycles. The molecule has 1 atom stereocenters. The average Bonchev–Trinajstić information content (AvgIpc) is 2.27. The summed E-state index contributed by atoms with van der Waals surface area (Å²) in [7, 11) is 0. The molecule has 1 aromatic rings. The Bertz CT molecular complexity index is 415. The molecule has 0 fully saturated rings. The van der Waals surface area contributed by atoms with Gasteiger partial charge in [-0.05, 0) is 24.6 Å². The lowest BCUT2D eigenvalue weighted by molar-refractivity contribution is -0.132. The molecule has 0 heterocycles. The number of anilines is 1. The summed E-state index contributed by atoms with van der Waals surface area (Å²) in [5.41, 5.74) is 7.07. The molecule has 1 aromatic carbocycles. The minimum atomic E-state index is -4.27. The number of alkyl halides is 3. The zero-order valence-corrected chi connectivity index (χ0v) is 10.4. The van der Waals surface area contributed by atoms with E-state index in [2.05, 4.69) is 10.6 Å². The number of hydrogen-bond donors (Lipinski definition) is 3. The van der Waals surface area contributed by atoms with Crippen molar-refractivity contribution < 1.29 is 18.0 Å². The van der Waals surface area contributed by atoms with Crippen LogP contribution in [0.5, 0.6) is 0 Å². The first-order valence-electron chi connectivity index (χ1n) is 5.75. The van der Waals surface area contributed by atoms with Gasteiger partial charge in [-0.25, -0.2) is 4.79 Å². The first kappa shape index (κ1) is 15.3. The molecular weight excluding hydrogens is 259 g/mol. The van der Waals surface area contributed by atoms with Crippen molar-refractivity contribution in [1.82, 2.24) is 5.32 Å². The number of nitrogens with one attached hydrogen (secondary N) is 2. The van der Waals surface area contributed by atoms with Gasteiger partial charge in [0, 0.05) is 18.3 Å². The summed E-state index contributed by atoms with van der Waals surface area (Å²) in [6.07, 6.45) is -5.32. The van der Waals surface area contributed by atoms with Gasteiger partial charge in [0.2, 0.25) is 0 Å². The van der Waals surface area contributed by atoms with E-state index in [-0.39, 0.29) is 6.04 Å². The highest BCUT2D eigenvalue weighted by molar-refractivity contribution is 5.89. The molecule has 0 aromatic heterocycles. The van der Waals surface area contributed by atoms with E-state index in [0.29, 0.717) is 5.69 Å². The average molecular weight is 275 g/mol. The summed E-state index contributed by atoms with van der Waals surface area (Å²) in [5.74, 6) is 0. The highest BCUT2D eigenvalue weighted by Gasteiger charge is 2.26. The van der Waals surface area contributed by atoms with E-state index in [1.54, 1.807) is 24.3 Å². The van der Waals surface area contributed by atoms with Crippen LogP contribution in [0, 0.1) is 0 Å². The molecule has 0 spiro atoms. The fraction of sp³-hybridized carbons (Fsp3) is 0.417. The minimum absolute atomic E-state index is 0.116. The number of nitrogens with two attached hydrogens (primary N) is 1. The molecule has 2 amide bonds. The van der Waals surface area contributed by atoms with Gasteiger partial charge in [0.1, 0.15) is 0 Å². The Balaban J connectivity index is 2.40. The Morgan fingerprint density at radius 3 is 2.37 bits per heavy atom. The topological polar surface area (TPSA) is 67.1 Å². The van der Waals surface area contributed by atoms with Crippen LogP contribution in [0.15, 0.2) is 24.3 Å². The number of amides is 2. The van der Waals surface area contributed by atoms with Crippen LogP contribution in [0.1, 0.15) is 24.9 Å². The Morgan fingerprint density at radius 2 is 1.89 bits per heavy atom. The molecule has 1 unspecified atom stereocenters. The lowest BCUT2D eigenvalue weighted by atomic mass is 10.1. The maximum Gasteiger partial charge on any atom is 0.390 e. The van der Waals surface area contributed by atoms with Gasteiger partial charge in [0.25, 0.3) is 0 Å². The third-order valence-electron chi connectivity index (χ3n) is 2.39. The molecule has 1 rings (SSSR count). The normalized spacial score (nSPS) is 12.9. The van der Waals surface area contributed by atoms with E-state index in [9.17, 15) is 18.0 Å². The Labute approximate surface area is 109 Å². The van der Waals surface area contributed by atoms with Crippen LogP contribution < -0.4 is 16.4 Å². The van der Waals surface area contributed by atoms with Gasteiger partial charge < -0.3 is 16.4 Å². The monoisotopic (exact) mass is 275 g/mol. The van der Waals surface area contributed by atoms with Crippen molar-refractivity contribution in [1.29, 1.82) is 0 Å². The van der Waals surface area contributed by atoms with Crippen LogP contribution >= 0.6 is 0 Å². The van der Waals surface area contributed by atoms with Crippen molar-refractivity contribution in [3.8, 4) is 0 Å². The first-order chi connectivity index (χ1) is 8.78. The molecule has 0 aliphatic carbocycles. The second-order valence-electron chi connectivity index (χ2n) is 4.16. The minimum Gasteiger partial charge on any atom is -0.338 e. The van der Waals surface area contributed by atoms with Gasteiger partial charge in [0.05, 0.1) is 6.42 Å². The van der Waals surface area contributed by atoms with Gasteiger partial charge in [-0.2, -0.15) is 13.2 Å². The van der Waals surface area contributed by atoms with Crippen LogP contribution in [0.3, 0.4) is 0 Å². The summed E-state index contributed by atoms with van der Waals surface area (Å²) in [6.45, 7) is 1.37. The summed E-state index contributed by atoms with van der Waals surface area (Å²) in [5, 5.41) is 4.57. The quantitative estimate of drug-likeness (QED) is 0.791. The number of rotatable bonds is 4. The summed E-state index contributed by atoms with van der Waals surface area (Å²) < 4.78 is 35.6. The standard InChI is InChI=1S/C12H16F3N3O/c1-8(16)9-2-4-10(5-3-9)18-11(19)17-7-6-12(13,14)15/h2-5,8H,6-7,16H2,1H3,(H2,17,18,19). The SMILES string of the molecule is CC(N)c1ccc(NC(=O)NCCC(F)(F)F)cc1. The van der Waals surface area contributed by atoms with Crippen LogP contribution in [0.4, 0.5) is 23.7 Å². The van der Waals surface area contributed by atoms with Gasteiger partial charge in [-0.1, -0.05) is 12.1 Å². The predicted octanol–water partition coefficient (Wildman–Crippen LogP) is 2.78. The highest BCUT2D eigenvalue weighted by atomic mass is 19.4. The smallest absolute Gasteiger partial charge is 0.338 e. The number of benzene rings is 1. The molecular formula is C12H16F3N3O. The molecule has 0 bridgehead atoms. The van der Waals surface area contributed by atoms with Crippen molar-refractivity contribution in [2.75, 3.05) is 11.9 Å². The molecule has 106 valence electrons. The fourth-order valence-electron chi connectivity index (χ4n) is 1.36. The number of hydrogen-bond acceptors (Lipinski definition) is 2.